The number of aliphatic hydroxyl groups excluding tert-OH is 1. The molecule has 1 saturated carbocycles. The lowest BCUT2D eigenvalue weighted by Crippen LogP contribution is -2.55. The van der Waals surface area contributed by atoms with Crippen molar-refractivity contribution in [3.05, 3.63) is 66.0 Å². The maximum absolute atomic E-state index is 13.0. The van der Waals surface area contributed by atoms with Crippen molar-refractivity contribution < 1.29 is 18.3 Å². The number of para-hydroxylation sites is 1. The standard InChI is InChI=1S/C25H30N4O4S2/c1-18-17-28(35(31,32)22-9-5-6-10-22)15-16-29(18)25-26-24(27-34-25)23(30)19-11-13-21(14-12-19)33-20-7-3-2-4-8-20/h2-4,7-8,11-14,18,22-23,30H,5-6,9-10,15-17H2,1H3. The van der Waals surface area contributed by atoms with Gasteiger partial charge in [-0.25, -0.2) is 13.4 Å². The van der Waals surface area contributed by atoms with Gasteiger partial charge in [0.2, 0.25) is 15.2 Å². The first-order chi connectivity index (χ1) is 16.9. The van der Waals surface area contributed by atoms with Gasteiger partial charge >= 0.3 is 0 Å². The minimum Gasteiger partial charge on any atom is -0.457 e. The summed E-state index contributed by atoms with van der Waals surface area (Å²) in [4.78, 5) is 6.69. The summed E-state index contributed by atoms with van der Waals surface area (Å²) in [6.07, 6.45) is 2.59. The van der Waals surface area contributed by atoms with E-state index in [1.54, 1.807) is 16.4 Å². The van der Waals surface area contributed by atoms with Crippen LogP contribution < -0.4 is 9.64 Å². The van der Waals surface area contributed by atoms with Crippen LogP contribution in [0.5, 0.6) is 11.5 Å². The van der Waals surface area contributed by atoms with Crippen LogP contribution in [0, 0.1) is 0 Å². The van der Waals surface area contributed by atoms with E-state index in [0.29, 0.717) is 41.9 Å². The number of rotatable bonds is 7. The molecule has 2 aliphatic rings. The number of nitrogens with zero attached hydrogens (tertiary/aromatic N) is 4. The van der Waals surface area contributed by atoms with Gasteiger partial charge in [0.25, 0.3) is 0 Å². The summed E-state index contributed by atoms with van der Waals surface area (Å²) in [5, 5.41) is 11.3. The average molecular weight is 515 g/mol. The van der Waals surface area contributed by atoms with Crippen LogP contribution in [0.15, 0.2) is 54.6 Å². The molecule has 8 nitrogen and oxygen atoms in total. The first kappa shape index (κ1) is 24.2. The van der Waals surface area contributed by atoms with Gasteiger partial charge in [0.1, 0.15) is 17.6 Å². The van der Waals surface area contributed by atoms with E-state index in [1.807, 2.05) is 49.4 Å². The van der Waals surface area contributed by atoms with Gasteiger partial charge in [0, 0.05) is 37.2 Å². The number of aromatic nitrogens is 2. The van der Waals surface area contributed by atoms with Crippen molar-refractivity contribution in [1.29, 1.82) is 0 Å². The van der Waals surface area contributed by atoms with Crippen LogP contribution in [0.3, 0.4) is 0 Å². The number of hydrogen-bond donors (Lipinski definition) is 1. The van der Waals surface area contributed by atoms with Crippen molar-refractivity contribution in [2.24, 2.45) is 0 Å². The highest BCUT2D eigenvalue weighted by Crippen LogP contribution is 2.32. The van der Waals surface area contributed by atoms with Crippen molar-refractivity contribution in [2.45, 2.75) is 50.0 Å². The average Bonchev–Trinajstić information content (AvgIpc) is 3.58. The predicted molar refractivity (Wildman–Crippen MR) is 136 cm³/mol. The van der Waals surface area contributed by atoms with Crippen LogP contribution in [-0.2, 0) is 10.0 Å². The molecule has 1 aromatic heterocycles. The Morgan fingerprint density at radius 1 is 1.03 bits per heavy atom. The normalized spacial score (nSPS) is 20.7. The number of hydrogen-bond acceptors (Lipinski definition) is 8. The third-order valence-corrected chi connectivity index (χ3v) is 9.90. The molecule has 10 heteroatoms. The summed E-state index contributed by atoms with van der Waals surface area (Å²) in [7, 11) is -3.24. The Morgan fingerprint density at radius 3 is 2.40 bits per heavy atom. The second kappa shape index (κ2) is 10.2. The fourth-order valence-electron chi connectivity index (χ4n) is 4.78. The number of aliphatic hydroxyl groups is 1. The molecule has 1 aliphatic carbocycles. The third kappa shape index (κ3) is 5.20. The van der Waals surface area contributed by atoms with E-state index in [-0.39, 0.29) is 11.3 Å². The van der Waals surface area contributed by atoms with E-state index < -0.39 is 16.1 Å². The molecule has 2 atom stereocenters. The third-order valence-electron chi connectivity index (χ3n) is 6.77. The molecule has 0 radical (unpaired) electrons. The predicted octanol–water partition coefficient (Wildman–Crippen LogP) is 4.20. The zero-order valence-corrected chi connectivity index (χ0v) is 21.3. The molecule has 1 saturated heterocycles. The van der Waals surface area contributed by atoms with E-state index in [2.05, 4.69) is 14.3 Å². The highest BCUT2D eigenvalue weighted by atomic mass is 32.2. The Hall–Kier alpha value is -2.53. The topological polar surface area (TPSA) is 95.9 Å². The van der Waals surface area contributed by atoms with E-state index in [4.69, 9.17) is 4.74 Å². The maximum Gasteiger partial charge on any atom is 0.217 e. The van der Waals surface area contributed by atoms with Crippen LogP contribution in [0.25, 0.3) is 0 Å². The van der Waals surface area contributed by atoms with Gasteiger partial charge in [-0.2, -0.15) is 8.68 Å². The summed E-state index contributed by atoms with van der Waals surface area (Å²) < 4.78 is 37.9. The van der Waals surface area contributed by atoms with Crippen LogP contribution >= 0.6 is 11.5 Å². The molecule has 2 aromatic carbocycles. The number of ether oxygens (including phenoxy) is 1. The minimum absolute atomic E-state index is 0.0210. The molecule has 0 spiro atoms. The summed E-state index contributed by atoms with van der Waals surface area (Å²) >= 11 is 1.23. The lowest BCUT2D eigenvalue weighted by Gasteiger charge is -2.39. The highest BCUT2D eigenvalue weighted by Gasteiger charge is 2.38. The summed E-state index contributed by atoms with van der Waals surface area (Å²) in [6, 6.07) is 16.7. The van der Waals surface area contributed by atoms with E-state index in [1.165, 1.54) is 11.5 Å². The number of piperazine rings is 1. The molecule has 5 rings (SSSR count). The molecule has 2 heterocycles. The van der Waals surface area contributed by atoms with Crippen molar-refractivity contribution in [1.82, 2.24) is 13.7 Å². The van der Waals surface area contributed by atoms with Crippen molar-refractivity contribution in [2.75, 3.05) is 24.5 Å². The van der Waals surface area contributed by atoms with E-state index in [0.717, 1.165) is 31.4 Å². The Labute approximate surface area is 210 Å². The molecule has 1 aliphatic heterocycles. The summed E-state index contributed by atoms with van der Waals surface area (Å²) in [6.45, 7) is 3.46. The maximum atomic E-state index is 13.0. The molecular weight excluding hydrogens is 484 g/mol. The molecule has 3 aromatic rings. The van der Waals surface area contributed by atoms with Gasteiger partial charge < -0.3 is 14.7 Å². The highest BCUT2D eigenvalue weighted by molar-refractivity contribution is 7.89. The smallest absolute Gasteiger partial charge is 0.217 e. The largest absolute Gasteiger partial charge is 0.457 e. The second-order valence-electron chi connectivity index (χ2n) is 9.17. The van der Waals surface area contributed by atoms with Crippen LogP contribution in [-0.4, -0.2) is 58.1 Å². The fraction of sp³-hybridized carbons (Fsp3) is 0.440. The lowest BCUT2D eigenvalue weighted by molar-refractivity contribution is 0.211. The van der Waals surface area contributed by atoms with Crippen LogP contribution in [0.2, 0.25) is 0 Å². The molecule has 2 fully saturated rings. The van der Waals surface area contributed by atoms with E-state index in [9.17, 15) is 13.5 Å². The van der Waals surface area contributed by atoms with Crippen molar-refractivity contribution >= 4 is 26.7 Å². The molecule has 0 bridgehead atoms. The Balaban J connectivity index is 1.22. The van der Waals surface area contributed by atoms with Gasteiger partial charge in [0.15, 0.2) is 5.82 Å². The van der Waals surface area contributed by atoms with Gasteiger partial charge in [-0.15, -0.1) is 0 Å². The van der Waals surface area contributed by atoms with Crippen molar-refractivity contribution in [3.63, 3.8) is 0 Å². The lowest BCUT2D eigenvalue weighted by atomic mass is 10.1. The SMILES string of the molecule is CC1CN(S(=O)(=O)C2CCCC2)CCN1c1nc(C(O)c2ccc(Oc3ccccc3)cc2)ns1. The first-order valence-corrected chi connectivity index (χ1v) is 14.3. The number of sulfonamides is 1. The van der Waals surface area contributed by atoms with Crippen LogP contribution in [0.1, 0.15) is 50.1 Å². The molecule has 2 unspecified atom stereocenters. The van der Waals surface area contributed by atoms with Gasteiger partial charge in [0.05, 0.1) is 5.25 Å². The van der Waals surface area contributed by atoms with Gasteiger partial charge in [-0.05, 0) is 49.6 Å². The zero-order valence-electron chi connectivity index (χ0n) is 19.7. The quantitative estimate of drug-likeness (QED) is 0.505. The molecule has 186 valence electrons. The van der Waals surface area contributed by atoms with Gasteiger partial charge in [-0.3, -0.25) is 0 Å². The second-order valence-corrected chi connectivity index (χ2v) is 12.1. The molecule has 35 heavy (non-hydrogen) atoms. The Bertz CT molecular complexity index is 1230. The van der Waals surface area contributed by atoms with Gasteiger partial charge in [-0.1, -0.05) is 43.2 Å². The monoisotopic (exact) mass is 514 g/mol. The van der Waals surface area contributed by atoms with Crippen LogP contribution in [0.4, 0.5) is 5.13 Å². The van der Waals surface area contributed by atoms with Crippen molar-refractivity contribution in [3.8, 4) is 11.5 Å². The minimum atomic E-state index is -3.24. The first-order valence-electron chi connectivity index (χ1n) is 12.0. The number of anilines is 1. The molecular formula is C25H30N4O4S2. The Morgan fingerprint density at radius 2 is 1.71 bits per heavy atom. The Kier molecular flexibility index (Phi) is 7.06. The summed E-state index contributed by atoms with van der Waals surface area (Å²) in [5.74, 6) is 1.77. The molecule has 1 N–H and O–H groups in total. The zero-order chi connectivity index (χ0) is 24.4. The number of benzene rings is 2. The fourth-order valence-corrected chi connectivity index (χ4v) is 7.72. The summed E-state index contributed by atoms with van der Waals surface area (Å²) in [5.41, 5.74) is 0.676. The van der Waals surface area contributed by atoms with E-state index >= 15 is 0 Å². The molecule has 0 amide bonds.